The summed E-state index contributed by atoms with van der Waals surface area (Å²) in [5, 5.41) is 12.7. The van der Waals surface area contributed by atoms with E-state index in [-0.39, 0.29) is 9.90 Å². The lowest BCUT2D eigenvalue weighted by molar-refractivity contribution is -0.672. The lowest BCUT2D eigenvalue weighted by Crippen LogP contribution is -2.31. The predicted molar refractivity (Wildman–Crippen MR) is 370 cm³/mol. The molecule has 0 atom stereocenters. The molecule has 0 fully saturated rings. The van der Waals surface area contributed by atoms with Gasteiger partial charge in [-0.2, -0.15) is 4.57 Å². The summed E-state index contributed by atoms with van der Waals surface area (Å²) in [6.07, 6.45) is 2.13. The molecule has 0 spiro atoms. The zero-order valence-electron chi connectivity index (χ0n) is 48.1. The fourth-order valence-corrected chi connectivity index (χ4v) is 13.0. The molecule has 18 rings (SSSR count). The molecule has 4 aromatic heterocycles. The van der Waals surface area contributed by atoms with Crippen LogP contribution in [0.25, 0.3) is 144 Å². The largest absolute Gasteiger partial charge is 0.577 e. The molecule has 0 saturated heterocycles. The fourth-order valence-electron chi connectivity index (χ4n) is 13.0. The third-order valence-electron chi connectivity index (χ3n) is 17.0. The molecule has 0 radical (unpaired) electrons. The molecule has 6 nitrogen and oxygen atoms in total. The van der Waals surface area contributed by atoms with E-state index in [9.17, 15) is 0 Å². The minimum absolute atomic E-state index is 0. The van der Waals surface area contributed by atoms with Crippen molar-refractivity contribution in [2.75, 3.05) is 0 Å². The van der Waals surface area contributed by atoms with Crippen molar-refractivity contribution < 1.29 is 4.57 Å². The monoisotopic (exact) mass is 1140 g/mol. The van der Waals surface area contributed by atoms with Crippen molar-refractivity contribution in [2.24, 2.45) is 0 Å². The average molecular weight is 1150 g/mol. The number of fused-ring (bicyclic) bond motifs is 15. The first-order valence-corrected chi connectivity index (χ1v) is 29.6. The molecule has 0 bridgehead atoms. The molecule has 17 aromatic rings. The Kier molecular flexibility index (Phi) is 14.0. The number of pyridine rings is 1. The van der Waals surface area contributed by atoms with Crippen LogP contribution in [0.2, 0.25) is 0 Å². The highest BCUT2D eigenvalue weighted by Crippen LogP contribution is 2.41. The molecule has 88 heavy (non-hydrogen) atoms. The van der Waals surface area contributed by atoms with Gasteiger partial charge in [-0.1, -0.05) is 231 Å². The van der Waals surface area contributed by atoms with Crippen LogP contribution in [-0.2, 0) is 6.54 Å². The van der Waals surface area contributed by atoms with Crippen LogP contribution in [0.1, 0.15) is 5.56 Å². The summed E-state index contributed by atoms with van der Waals surface area (Å²) in [7, 11) is 0. The highest BCUT2D eigenvalue weighted by molar-refractivity contribution is 6.92. The van der Waals surface area contributed by atoms with Crippen LogP contribution in [0.4, 0.5) is 0 Å². The van der Waals surface area contributed by atoms with Crippen LogP contribution < -0.4 is 4.57 Å². The van der Waals surface area contributed by atoms with Crippen LogP contribution in [0.5, 0.6) is 0 Å². The Morgan fingerprint density at radius 1 is 0.261 bits per heavy atom. The molecule has 416 valence electrons. The van der Waals surface area contributed by atoms with Gasteiger partial charge in [0, 0.05) is 67.3 Å². The number of benzene rings is 13. The van der Waals surface area contributed by atoms with E-state index in [1.807, 2.05) is 60.7 Å². The molecular formula is C81H57N6P. The number of nitrogens with zero attached hydrogens (tertiary/aromatic N) is 6. The Bertz CT molecular complexity index is 5160. The summed E-state index contributed by atoms with van der Waals surface area (Å²) in [4.78, 5) is 14.7. The third kappa shape index (κ3) is 9.63. The number of aromatic nitrogens is 6. The summed E-state index contributed by atoms with van der Waals surface area (Å²) >= 11 is 0. The fraction of sp³-hybridized carbons (Fsp3) is 0.0123. The summed E-state index contributed by atoms with van der Waals surface area (Å²) in [6, 6.07) is 111. The normalized spacial score (nSPS) is 11.5. The van der Waals surface area contributed by atoms with Gasteiger partial charge in [0.2, 0.25) is 5.69 Å². The molecule has 0 amide bonds. The topological polar surface area (TPSA) is 52.4 Å². The quantitative estimate of drug-likeness (QED) is 0.0947. The van der Waals surface area contributed by atoms with E-state index < -0.39 is 0 Å². The first-order valence-electron chi connectivity index (χ1n) is 29.6. The van der Waals surface area contributed by atoms with Gasteiger partial charge in [0.1, 0.15) is 0 Å². The van der Waals surface area contributed by atoms with Crippen molar-refractivity contribution in [3.8, 4) is 67.9 Å². The van der Waals surface area contributed by atoms with Gasteiger partial charge in [0.05, 0.1) is 27.6 Å². The van der Waals surface area contributed by atoms with Crippen molar-refractivity contribution in [2.45, 2.75) is 6.54 Å². The molecule has 0 N–H and O–H groups in total. The standard InChI is InChI=1S/C39H25N3.C30H20N2.C12H10N.H2P/c1-3-12-26(13-4-1)37-40-38(27-14-5-2-6-15-27)42-39(41-37)30-17-11-16-28(24-30)29-22-23-35-33-20-8-7-18-31(33)32-19-9-10-21-34(32)36(35)25-29;1-3-11-21(12-4-1)31-27-17-9-7-15-23(27)25-20-30-26(19-29(25)31)24-16-8-10-18-28(24)32(30)22-13-5-2-6-14-22;1-2-6-11-10(5-1)9-13-8-4-3-7-12(11)13;/h1-25H;1-20H;1-8H,9H2;1H2/q;;+1;-1. The van der Waals surface area contributed by atoms with Gasteiger partial charge in [-0.25, -0.2) is 15.0 Å². The van der Waals surface area contributed by atoms with E-state index in [4.69, 9.17) is 15.0 Å². The zero-order valence-corrected chi connectivity index (χ0v) is 49.2. The lowest BCUT2D eigenvalue weighted by Gasteiger charge is -2.13. The first-order chi connectivity index (χ1) is 43.2. The minimum Gasteiger partial charge on any atom is -0.577 e. The Hall–Kier alpha value is -11.2. The first kappa shape index (κ1) is 53.5. The van der Waals surface area contributed by atoms with E-state index in [2.05, 4.69) is 275 Å². The number of hydrogen-bond donors (Lipinski definition) is 0. The van der Waals surface area contributed by atoms with Gasteiger partial charge >= 0.3 is 0 Å². The lowest BCUT2D eigenvalue weighted by atomic mass is 9.92. The Balaban J connectivity index is 0.000000124. The van der Waals surface area contributed by atoms with E-state index in [1.54, 1.807) is 0 Å². The average Bonchev–Trinajstić information content (AvgIpc) is 1.79. The van der Waals surface area contributed by atoms with Crippen molar-refractivity contribution in [3.05, 3.63) is 327 Å². The smallest absolute Gasteiger partial charge is 0.213 e. The van der Waals surface area contributed by atoms with E-state index in [1.165, 1.54) is 104 Å². The Morgan fingerprint density at radius 3 is 1.20 bits per heavy atom. The molecule has 5 heterocycles. The second-order valence-corrected chi connectivity index (χ2v) is 22.1. The van der Waals surface area contributed by atoms with Gasteiger partial charge in [-0.05, 0) is 116 Å². The van der Waals surface area contributed by atoms with Crippen molar-refractivity contribution in [3.63, 3.8) is 0 Å². The minimum atomic E-state index is 0. The summed E-state index contributed by atoms with van der Waals surface area (Å²) in [5.74, 6) is 1.98. The zero-order chi connectivity index (χ0) is 57.6. The summed E-state index contributed by atoms with van der Waals surface area (Å²) in [5.41, 5.74) is 16.6. The van der Waals surface area contributed by atoms with Crippen molar-refractivity contribution >= 4 is 85.8 Å². The molecule has 0 aliphatic carbocycles. The van der Waals surface area contributed by atoms with Gasteiger partial charge < -0.3 is 19.0 Å². The summed E-state index contributed by atoms with van der Waals surface area (Å²) in [6.45, 7) is 1.02. The molecular weight excluding hydrogens is 1090 g/mol. The summed E-state index contributed by atoms with van der Waals surface area (Å²) < 4.78 is 7.06. The molecule has 1 aliphatic rings. The van der Waals surface area contributed by atoms with Crippen molar-refractivity contribution in [1.29, 1.82) is 0 Å². The number of hydrogen-bond acceptors (Lipinski definition) is 3. The number of para-hydroxylation sites is 4. The maximum absolute atomic E-state index is 4.94. The van der Waals surface area contributed by atoms with Gasteiger partial charge in [0.25, 0.3) is 0 Å². The molecule has 13 aromatic carbocycles. The maximum Gasteiger partial charge on any atom is 0.213 e. The van der Waals surface area contributed by atoms with Crippen LogP contribution in [0, 0.1) is 0 Å². The molecule has 7 heteroatoms. The van der Waals surface area contributed by atoms with E-state index in [0.717, 1.165) is 34.4 Å². The highest BCUT2D eigenvalue weighted by atomic mass is 31.0. The Morgan fingerprint density at radius 2 is 0.659 bits per heavy atom. The number of rotatable bonds is 6. The predicted octanol–water partition coefficient (Wildman–Crippen LogP) is 20.2. The van der Waals surface area contributed by atoms with E-state index in [0.29, 0.717) is 17.5 Å². The SMILES string of the molecule is [PH2-].c1ccc(-c2nc(-c3ccccc3)nc(-c3cccc(-c4ccc5c6ccccc6c6ccccc6c5c4)c3)n2)cc1.c1ccc(-n2c3ccccc3c3cc4c(cc32)c2ccccc2n4-c2ccccc2)cc1.c1ccc2c(c1)C[n+]1ccccc1-2. The van der Waals surface area contributed by atoms with Crippen molar-refractivity contribution in [1.82, 2.24) is 24.1 Å². The van der Waals surface area contributed by atoms with Gasteiger partial charge in [0.15, 0.2) is 30.2 Å². The maximum atomic E-state index is 4.94. The van der Waals surface area contributed by atoms with Crippen LogP contribution in [0.3, 0.4) is 0 Å². The Labute approximate surface area is 513 Å². The van der Waals surface area contributed by atoms with Gasteiger partial charge in [-0.15, -0.1) is 0 Å². The molecule has 1 aliphatic heterocycles. The van der Waals surface area contributed by atoms with Gasteiger partial charge in [-0.3, -0.25) is 0 Å². The van der Waals surface area contributed by atoms with Crippen LogP contribution in [0.15, 0.2) is 322 Å². The second-order valence-electron chi connectivity index (χ2n) is 22.1. The van der Waals surface area contributed by atoms with Crippen LogP contribution >= 0.6 is 9.90 Å². The highest BCUT2D eigenvalue weighted by Gasteiger charge is 2.24. The van der Waals surface area contributed by atoms with Crippen LogP contribution in [-0.4, -0.2) is 24.1 Å². The third-order valence-corrected chi connectivity index (χ3v) is 17.0. The molecule has 0 saturated carbocycles. The second kappa shape index (κ2) is 23.0. The molecule has 0 unspecified atom stereocenters. The van der Waals surface area contributed by atoms with E-state index >= 15 is 0 Å².